The fourth-order valence-corrected chi connectivity index (χ4v) is 3.28. The van der Waals surface area contributed by atoms with Crippen LogP contribution in [0.1, 0.15) is 22.3 Å². The van der Waals surface area contributed by atoms with Crippen molar-refractivity contribution in [2.45, 2.75) is 19.1 Å². The van der Waals surface area contributed by atoms with Gasteiger partial charge in [0.2, 0.25) is 0 Å². The van der Waals surface area contributed by atoms with Gasteiger partial charge >= 0.3 is 0 Å². The second-order valence-corrected chi connectivity index (χ2v) is 7.33. The van der Waals surface area contributed by atoms with E-state index in [1.54, 1.807) is 0 Å². The number of hydrogen-bond donors (Lipinski definition) is 2. The predicted molar refractivity (Wildman–Crippen MR) is 105 cm³/mol. The minimum absolute atomic E-state index is 0.562. The lowest BCUT2D eigenvalue weighted by Crippen LogP contribution is -2.86. The molecule has 3 rings (SSSR count). The van der Waals surface area contributed by atoms with Crippen LogP contribution in [-0.2, 0) is 12.1 Å². The molecule has 0 heterocycles. The fraction of sp³-hybridized carbons (Fsp3) is 0.182. The number of benzene rings is 3. The fourth-order valence-electron chi connectivity index (χ4n) is 3.02. The lowest BCUT2D eigenvalue weighted by molar-refractivity contribution is -0.682. The van der Waals surface area contributed by atoms with E-state index < -0.39 is 5.60 Å². The van der Waals surface area contributed by atoms with E-state index in [2.05, 4.69) is 52.4 Å². The van der Waals surface area contributed by atoms with Crippen molar-refractivity contribution in [2.75, 3.05) is 6.54 Å². The lowest BCUT2D eigenvalue weighted by Gasteiger charge is -2.28. The zero-order valence-corrected chi connectivity index (χ0v) is 15.9. The molecule has 0 aliphatic rings. The Hall–Kier alpha value is -1.94. The van der Waals surface area contributed by atoms with E-state index in [1.807, 2.05) is 54.6 Å². The molecule has 0 radical (unpaired) electrons. The van der Waals surface area contributed by atoms with Gasteiger partial charge in [-0.3, -0.25) is 0 Å². The van der Waals surface area contributed by atoms with Crippen molar-refractivity contribution in [2.24, 2.45) is 0 Å². The Kier molecular flexibility index (Phi) is 5.69. The molecule has 3 aromatic carbocycles. The number of hydrogen-bond acceptors (Lipinski definition) is 1. The van der Waals surface area contributed by atoms with Gasteiger partial charge in [-0.15, -0.1) is 0 Å². The maximum absolute atomic E-state index is 11.6. The van der Waals surface area contributed by atoms with E-state index in [4.69, 9.17) is 0 Å². The molecule has 3 N–H and O–H groups in total. The summed E-state index contributed by atoms with van der Waals surface area (Å²) in [4.78, 5) is 0. The van der Waals surface area contributed by atoms with Gasteiger partial charge in [-0.1, -0.05) is 88.2 Å². The summed E-state index contributed by atoms with van der Waals surface area (Å²) in [7, 11) is 0. The van der Waals surface area contributed by atoms with Crippen LogP contribution in [0.2, 0.25) is 0 Å². The van der Waals surface area contributed by atoms with Crippen LogP contribution in [0.5, 0.6) is 0 Å². The highest BCUT2D eigenvalue weighted by molar-refractivity contribution is 9.10. The summed E-state index contributed by atoms with van der Waals surface area (Å²) >= 11 is 3.47. The Morgan fingerprint density at radius 3 is 2.00 bits per heavy atom. The highest BCUT2D eigenvalue weighted by Crippen LogP contribution is 2.29. The van der Waals surface area contributed by atoms with Gasteiger partial charge in [0.15, 0.2) is 5.60 Å². The zero-order chi connectivity index (χ0) is 17.7. The SMILES string of the molecule is Cc1ccc([C@@](O)(C[NH2+]Cc2ccccc2)c2ccc(Br)cc2)cc1. The van der Waals surface area contributed by atoms with Gasteiger partial charge in [0, 0.05) is 10.0 Å². The quantitative estimate of drug-likeness (QED) is 0.653. The average Bonchev–Trinajstić information content (AvgIpc) is 2.63. The monoisotopic (exact) mass is 396 g/mol. The molecule has 0 aliphatic carbocycles. The second-order valence-electron chi connectivity index (χ2n) is 6.42. The van der Waals surface area contributed by atoms with Crippen molar-refractivity contribution >= 4 is 15.9 Å². The second kappa shape index (κ2) is 7.96. The van der Waals surface area contributed by atoms with E-state index in [1.165, 1.54) is 11.1 Å². The van der Waals surface area contributed by atoms with Crippen molar-refractivity contribution in [3.05, 3.63) is 106 Å². The van der Waals surface area contributed by atoms with Gasteiger partial charge in [0.05, 0.1) is 0 Å². The number of aliphatic hydroxyl groups is 1. The smallest absolute Gasteiger partial charge is 0.163 e. The molecule has 0 aromatic heterocycles. The Labute approximate surface area is 157 Å². The van der Waals surface area contributed by atoms with Crippen LogP contribution in [-0.4, -0.2) is 11.7 Å². The summed E-state index contributed by atoms with van der Waals surface area (Å²) in [5, 5.41) is 13.7. The number of quaternary nitrogens is 1. The minimum Gasteiger partial charge on any atom is -0.375 e. The average molecular weight is 397 g/mol. The molecule has 0 fully saturated rings. The van der Waals surface area contributed by atoms with E-state index in [9.17, 15) is 5.11 Å². The third kappa shape index (κ3) is 4.37. The van der Waals surface area contributed by atoms with Gasteiger partial charge in [-0.05, 0) is 30.2 Å². The van der Waals surface area contributed by atoms with Crippen molar-refractivity contribution in [3.63, 3.8) is 0 Å². The molecule has 0 spiro atoms. The Morgan fingerprint density at radius 2 is 1.40 bits per heavy atom. The van der Waals surface area contributed by atoms with Crippen LogP contribution >= 0.6 is 15.9 Å². The highest BCUT2D eigenvalue weighted by atomic mass is 79.9. The first-order valence-corrected chi connectivity index (χ1v) is 9.28. The van der Waals surface area contributed by atoms with Crippen LogP contribution in [0.15, 0.2) is 83.3 Å². The Bertz CT molecular complexity index is 752. The number of nitrogens with two attached hydrogens (primary N) is 1. The first-order chi connectivity index (χ1) is 12.1. The molecule has 2 nitrogen and oxygen atoms in total. The largest absolute Gasteiger partial charge is 0.375 e. The van der Waals surface area contributed by atoms with Crippen LogP contribution in [0.4, 0.5) is 0 Å². The van der Waals surface area contributed by atoms with Gasteiger partial charge in [0.25, 0.3) is 0 Å². The van der Waals surface area contributed by atoms with Crippen molar-refractivity contribution < 1.29 is 10.4 Å². The molecular formula is C22H23BrNO+. The molecule has 0 amide bonds. The van der Waals surface area contributed by atoms with Crippen LogP contribution in [0.25, 0.3) is 0 Å². The van der Waals surface area contributed by atoms with Crippen LogP contribution < -0.4 is 5.32 Å². The van der Waals surface area contributed by atoms with Gasteiger partial charge in [-0.2, -0.15) is 0 Å². The van der Waals surface area contributed by atoms with Crippen molar-refractivity contribution in [1.82, 2.24) is 0 Å². The van der Waals surface area contributed by atoms with Gasteiger partial charge in [-0.25, -0.2) is 0 Å². The van der Waals surface area contributed by atoms with E-state index in [0.29, 0.717) is 6.54 Å². The highest BCUT2D eigenvalue weighted by Gasteiger charge is 2.33. The maximum atomic E-state index is 11.6. The summed E-state index contributed by atoms with van der Waals surface area (Å²) < 4.78 is 1.01. The summed E-state index contributed by atoms with van der Waals surface area (Å²) in [5.74, 6) is 0. The summed E-state index contributed by atoms with van der Waals surface area (Å²) in [5.41, 5.74) is 3.25. The van der Waals surface area contributed by atoms with E-state index in [0.717, 1.165) is 22.1 Å². The number of rotatable bonds is 6. The predicted octanol–water partition coefficient (Wildman–Crippen LogP) is 3.76. The molecule has 1 atom stereocenters. The van der Waals surface area contributed by atoms with E-state index >= 15 is 0 Å². The molecule has 128 valence electrons. The molecule has 25 heavy (non-hydrogen) atoms. The van der Waals surface area contributed by atoms with Crippen molar-refractivity contribution in [3.8, 4) is 0 Å². The number of aryl methyl sites for hydroxylation is 1. The molecule has 0 unspecified atom stereocenters. The van der Waals surface area contributed by atoms with Gasteiger partial charge in [0.1, 0.15) is 13.1 Å². The molecule has 3 aromatic rings. The standard InChI is InChI=1S/C22H22BrNO/c1-17-7-9-19(10-8-17)22(25,20-11-13-21(23)14-12-20)16-24-15-18-5-3-2-4-6-18/h2-14,24-25H,15-16H2,1H3/p+1/t22-/m0/s1. The molecule has 0 saturated carbocycles. The first-order valence-electron chi connectivity index (χ1n) is 8.49. The van der Waals surface area contributed by atoms with Gasteiger partial charge < -0.3 is 10.4 Å². The summed E-state index contributed by atoms with van der Waals surface area (Å²) in [6.45, 7) is 3.46. The molecular weight excluding hydrogens is 374 g/mol. The van der Waals surface area contributed by atoms with E-state index in [-0.39, 0.29) is 0 Å². The first kappa shape index (κ1) is 17.9. The lowest BCUT2D eigenvalue weighted by atomic mass is 9.86. The molecule has 0 bridgehead atoms. The molecule has 0 saturated heterocycles. The number of halogens is 1. The third-order valence-electron chi connectivity index (χ3n) is 4.51. The molecule has 0 aliphatic heterocycles. The normalized spacial score (nSPS) is 13.4. The Balaban J connectivity index is 1.86. The van der Waals surface area contributed by atoms with Crippen LogP contribution in [0, 0.1) is 6.92 Å². The maximum Gasteiger partial charge on any atom is 0.163 e. The van der Waals surface area contributed by atoms with Crippen molar-refractivity contribution in [1.29, 1.82) is 0 Å². The third-order valence-corrected chi connectivity index (χ3v) is 5.04. The molecule has 3 heteroatoms. The summed E-state index contributed by atoms with van der Waals surface area (Å²) in [6, 6.07) is 26.4. The van der Waals surface area contributed by atoms with Crippen LogP contribution in [0.3, 0.4) is 0 Å². The minimum atomic E-state index is -1.02. The zero-order valence-electron chi connectivity index (χ0n) is 14.3. The Morgan fingerprint density at radius 1 is 0.840 bits per heavy atom. The topological polar surface area (TPSA) is 36.8 Å². The summed E-state index contributed by atoms with van der Waals surface area (Å²) in [6.07, 6.45) is 0.